The minimum Gasteiger partial charge on any atom is -0.488 e. The van der Waals surface area contributed by atoms with Crippen LogP contribution in [0.2, 0.25) is 0 Å². The van der Waals surface area contributed by atoms with Crippen molar-refractivity contribution in [3.8, 4) is 17.1 Å². The van der Waals surface area contributed by atoms with Gasteiger partial charge >= 0.3 is 5.97 Å². The molecule has 0 saturated carbocycles. The van der Waals surface area contributed by atoms with Gasteiger partial charge in [-0.15, -0.1) is 0 Å². The van der Waals surface area contributed by atoms with E-state index in [2.05, 4.69) is 4.98 Å². The highest BCUT2D eigenvalue weighted by molar-refractivity contribution is 5.89. The molecule has 116 valence electrons. The molecule has 5 nitrogen and oxygen atoms in total. The van der Waals surface area contributed by atoms with Crippen LogP contribution in [0.25, 0.3) is 11.3 Å². The maximum atomic E-state index is 11.2. The van der Waals surface area contributed by atoms with Crippen LogP contribution in [-0.2, 0) is 6.61 Å². The molecule has 5 heteroatoms. The number of carboxylic acid groups (broad SMARTS) is 1. The van der Waals surface area contributed by atoms with Gasteiger partial charge in [-0.05, 0) is 23.8 Å². The third-order valence-electron chi connectivity index (χ3n) is 3.35. The van der Waals surface area contributed by atoms with E-state index in [1.54, 1.807) is 19.2 Å². The predicted molar refractivity (Wildman–Crippen MR) is 84.4 cm³/mol. The average Bonchev–Trinajstić information content (AvgIpc) is 3.00. The van der Waals surface area contributed by atoms with Gasteiger partial charge in [0.2, 0.25) is 0 Å². The molecular formula is C18H15NO4. The second kappa shape index (κ2) is 6.36. The van der Waals surface area contributed by atoms with Gasteiger partial charge in [-0.25, -0.2) is 9.78 Å². The molecule has 0 spiro atoms. The molecule has 1 aromatic heterocycles. The summed E-state index contributed by atoms with van der Waals surface area (Å²) in [5.41, 5.74) is 1.83. The first-order valence-corrected chi connectivity index (χ1v) is 7.10. The standard InChI is InChI=1S/C18H15NO4/c1-12-19-10-17(23-12)15-8-7-14(18(20)21)9-16(15)22-11-13-5-3-2-4-6-13/h2-10H,11H2,1H3,(H,20,21). The van der Waals surface area contributed by atoms with Crippen molar-refractivity contribution in [1.82, 2.24) is 4.98 Å². The Hall–Kier alpha value is -3.08. The minimum atomic E-state index is -1.00. The minimum absolute atomic E-state index is 0.160. The lowest BCUT2D eigenvalue weighted by Crippen LogP contribution is -2.01. The molecule has 3 aromatic rings. The number of rotatable bonds is 5. The number of hydrogen-bond donors (Lipinski definition) is 1. The molecule has 0 bridgehead atoms. The highest BCUT2D eigenvalue weighted by Gasteiger charge is 2.14. The molecule has 0 aliphatic rings. The molecule has 0 unspecified atom stereocenters. The molecule has 1 heterocycles. The largest absolute Gasteiger partial charge is 0.488 e. The lowest BCUT2D eigenvalue weighted by Gasteiger charge is -2.11. The molecule has 0 amide bonds. The molecule has 0 aliphatic heterocycles. The summed E-state index contributed by atoms with van der Waals surface area (Å²) in [6.07, 6.45) is 1.60. The van der Waals surface area contributed by atoms with E-state index < -0.39 is 5.97 Å². The first kappa shape index (κ1) is 14.8. The van der Waals surface area contributed by atoms with Gasteiger partial charge in [0.15, 0.2) is 11.7 Å². The van der Waals surface area contributed by atoms with E-state index in [0.29, 0.717) is 29.6 Å². The van der Waals surface area contributed by atoms with Crippen molar-refractivity contribution in [2.24, 2.45) is 0 Å². The van der Waals surface area contributed by atoms with Crippen molar-refractivity contribution in [3.63, 3.8) is 0 Å². The predicted octanol–water partition coefficient (Wildman–Crippen LogP) is 3.93. The third kappa shape index (κ3) is 3.40. The van der Waals surface area contributed by atoms with Crippen molar-refractivity contribution in [2.75, 3.05) is 0 Å². The van der Waals surface area contributed by atoms with Gasteiger partial charge in [0.25, 0.3) is 0 Å². The lowest BCUT2D eigenvalue weighted by molar-refractivity contribution is 0.0696. The van der Waals surface area contributed by atoms with Gasteiger partial charge in [0.05, 0.1) is 17.3 Å². The Morgan fingerprint density at radius 3 is 2.65 bits per heavy atom. The SMILES string of the molecule is Cc1ncc(-c2ccc(C(=O)O)cc2OCc2ccccc2)o1. The Kier molecular flexibility index (Phi) is 4.10. The van der Waals surface area contributed by atoms with Crippen LogP contribution in [0.5, 0.6) is 5.75 Å². The highest BCUT2D eigenvalue weighted by Crippen LogP contribution is 2.32. The first-order valence-electron chi connectivity index (χ1n) is 7.10. The molecule has 23 heavy (non-hydrogen) atoms. The summed E-state index contributed by atoms with van der Waals surface area (Å²) in [6, 6.07) is 14.4. The van der Waals surface area contributed by atoms with Gasteiger partial charge in [-0.1, -0.05) is 30.3 Å². The summed E-state index contributed by atoms with van der Waals surface area (Å²) in [7, 11) is 0. The second-order valence-corrected chi connectivity index (χ2v) is 5.03. The second-order valence-electron chi connectivity index (χ2n) is 5.03. The molecule has 1 N–H and O–H groups in total. The van der Waals surface area contributed by atoms with E-state index >= 15 is 0 Å². The van der Waals surface area contributed by atoms with Crippen molar-refractivity contribution in [2.45, 2.75) is 13.5 Å². The highest BCUT2D eigenvalue weighted by atomic mass is 16.5. The molecule has 0 aliphatic carbocycles. The summed E-state index contributed by atoms with van der Waals surface area (Å²) in [6.45, 7) is 2.09. The van der Waals surface area contributed by atoms with E-state index in [1.807, 2.05) is 30.3 Å². The average molecular weight is 309 g/mol. The van der Waals surface area contributed by atoms with Crippen molar-refractivity contribution < 1.29 is 19.1 Å². The van der Waals surface area contributed by atoms with E-state index in [1.165, 1.54) is 12.1 Å². The number of ether oxygens (including phenoxy) is 1. The molecule has 2 aromatic carbocycles. The van der Waals surface area contributed by atoms with E-state index in [-0.39, 0.29) is 5.56 Å². The van der Waals surface area contributed by atoms with E-state index in [9.17, 15) is 4.79 Å². The molecule has 0 radical (unpaired) electrons. The molecule has 0 atom stereocenters. The summed E-state index contributed by atoms with van der Waals surface area (Å²) < 4.78 is 11.4. The van der Waals surface area contributed by atoms with Crippen molar-refractivity contribution in [3.05, 3.63) is 71.7 Å². The quantitative estimate of drug-likeness (QED) is 0.773. The number of carboxylic acids is 1. The van der Waals surface area contributed by atoms with Gasteiger partial charge in [0, 0.05) is 6.92 Å². The van der Waals surface area contributed by atoms with Crippen LogP contribution in [0.1, 0.15) is 21.8 Å². The summed E-state index contributed by atoms with van der Waals surface area (Å²) in [5.74, 6) is 0.526. The molecular weight excluding hydrogens is 294 g/mol. The number of benzene rings is 2. The monoisotopic (exact) mass is 309 g/mol. The smallest absolute Gasteiger partial charge is 0.335 e. The van der Waals surface area contributed by atoms with Crippen molar-refractivity contribution >= 4 is 5.97 Å². The van der Waals surface area contributed by atoms with E-state index in [0.717, 1.165) is 5.56 Å². The molecule has 0 saturated heterocycles. The molecule has 0 fully saturated rings. The van der Waals surface area contributed by atoms with E-state index in [4.69, 9.17) is 14.3 Å². The lowest BCUT2D eigenvalue weighted by atomic mass is 10.1. The fraction of sp³-hybridized carbons (Fsp3) is 0.111. The zero-order chi connectivity index (χ0) is 16.2. The Morgan fingerprint density at radius 1 is 1.22 bits per heavy atom. The number of nitrogens with zero attached hydrogens (tertiary/aromatic N) is 1. The number of hydrogen-bond acceptors (Lipinski definition) is 4. The fourth-order valence-electron chi connectivity index (χ4n) is 2.20. The molecule has 3 rings (SSSR count). The number of oxazole rings is 1. The summed E-state index contributed by atoms with van der Waals surface area (Å²) >= 11 is 0. The summed E-state index contributed by atoms with van der Waals surface area (Å²) in [5, 5.41) is 9.17. The Labute approximate surface area is 133 Å². The number of aromatic nitrogens is 1. The maximum Gasteiger partial charge on any atom is 0.335 e. The Balaban J connectivity index is 1.94. The van der Waals surface area contributed by atoms with Crippen LogP contribution >= 0.6 is 0 Å². The first-order chi connectivity index (χ1) is 11.1. The third-order valence-corrected chi connectivity index (χ3v) is 3.35. The normalized spacial score (nSPS) is 10.5. The van der Waals surface area contributed by atoms with Crippen LogP contribution < -0.4 is 4.74 Å². The number of aromatic carboxylic acids is 1. The maximum absolute atomic E-state index is 11.2. The van der Waals surface area contributed by atoms with Crippen LogP contribution in [-0.4, -0.2) is 16.1 Å². The fourth-order valence-corrected chi connectivity index (χ4v) is 2.20. The Bertz CT molecular complexity index is 824. The van der Waals surface area contributed by atoms with Gasteiger partial charge in [-0.2, -0.15) is 0 Å². The van der Waals surface area contributed by atoms with Gasteiger partial charge < -0.3 is 14.3 Å². The summed E-state index contributed by atoms with van der Waals surface area (Å²) in [4.78, 5) is 15.3. The number of aryl methyl sites for hydroxylation is 1. The van der Waals surface area contributed by atoms with Crippen molar-refractivity contribution in [1.29, 1.82) is 0 Å². The van der Waals surface area contributed by atoms with Gasteiger partial charge in [-0.3, -0.25) is 0 Å². The van der Waals surface area contributed by atoms with Crippen LogP contribution in [0.3, 0.4) is 0 Å². The van der Waals surface area contributed by atoms with Crippen LogP contribution in [0.4, 0.5) is 0 Å². The zero-order valence-corrected chi connectivity index (χ0v) is 12.5. The van der Waals surface area contributed by atoms with Crippen LogP contribution in [0, 0.1) is 6.92 Å². The Morgan fingerprint density at radius 2 is 2.00 bits per heavy atom. The number of carbonyl (C=O) groups is 1. The zero-order valence-electron chi connectivity index (χ0n) is 12.5. The van der Waals surface area contributed by atoms with Gasteiger partial charge in [0.1, 0.15) is 12.4 Å². The van der Waals surface area contributed by atoms with Crippen LogP contribution in [0.15, 0.2) is 59.1 Å². The topological polar surface area (TPSA) is 72.6 Å².